The molecule has 1 aliphatic heterocycles. The number of hydrogen-bond donors (Lipinski definition) is 1. The maximum absolute atomic E-state index is 3.63. The Labute approximate surface area is 102 Å². The molecule has 1 fully saturated rings. The van der Waals surface area contributed by atoms with Crippen LogP contribution in [-0.4, -0.2) is 37.1 Å². The van der Waals surface area contributed by atoms with Crippen LogP contribution in [0.15, 0.2) is 0 Å². The van der Waals surface area contributed by atoms with Gasteiger partial charge in [0.15, 0.2) is 0 Å². The largest absolute Gasteiger partial charge is 0.313 e. The first-order valence-corrected chi connectivity index (χ1v) is 7.32. The third-order valence-electron chi connectivity index (χ3n) is 3.63. The van der Waals surface area contributed by atoms with Crippen LogP contribution < -0.4 is 5.32 Å². The third-order valence-corrected chi connectivity index (χ3v) is 3.63. The first-order chi connectivity index (χ1) is 7.86. The molecule has 16 heavy (non-hydrogen) atoms. The molecule has 0 amide bonds. The van der Waals surface area contributed by atoms with E-state index >= 15 is 0 Å². The fraction of sp³-hybridized carbons (Fsp3) is 1.00. The van der Waals surface area contributed by atoms with Crippen molar-refractivity contribution in [1.29, 1.82) is 0 Å². The van der Waals surface area contributed by atoms with E-state index in [1.54, 1.807) is 0 Å². The minimum atomic E-state index is 0.734. The van der Waals surface area contributed by atoms with E-state index in [1.165, 1.54) is 71.1 Å². The van der Waals surface area contributed by atoms with Gasteiger partial charge >= 0.3 is 0 Å². The Morgan fingerprint density at radius 3 is 2.69 bits per heavy atom. The molecule has 0 bridgehead atoms. The Morgan fingerprint density at radius 2 is 1.94 bits per heavy atom. The van der Waals surface area contributed by atoms with Crippen LogP contribution in [0.5, 0.6) is 0 Å². The van der Waals surface area contributed by atoms with Gasteiger partial charge in [0.1, 0.15) is 0 Å². The Balaban J connectivity index is 2.09. The summed E-state index contributed by atoms with van der Waals surface area (Å²) >= 11 is 0. The second-order valence-corrected chi connectivity index (χ2v) is 5.13. The van der Waals surface area contributed by atoms with Crippen LogP contribution in [0.1, 0.15) is 58.8 Å². The van der Waals surface area contributed by atoms with Gasteiger partial charge in [-0.15, -0.1) is 0 Å². The van der Waals surface area contributed by atoms with Crippen molar-refractivity contribution in [3.8, 4) is 0 Å². The third kappa shape index (κ3) is 5.86. The zero-order valence-corrected chi connectivity index (χ0v) is 11.3. The average Bonchev–Trinajstić information content (AvgIpc) is 2.54. The molecule has 0 aromatic carbocycles. The molecule has 2 nitrogen and oxygen atoms in total. The summed E-state index contributed by atoms with van der Waals surface area (Å²) in [4.78, 5) is 2.67. The van der Waals surface area contributed by atoms with Gasteiger partial charge in [0.25, 0.3) is 0 Å². The minimum Gasteiger partial charge on any atom is -0.313 e. The van der Waals surface area contributed by atoms with Gasteiger partial charge in [0.05, 0.1) is 0 Å². The summed E-state index contributed by atoms with van der Waals surface area (Å²) in [6.45, 7) is 9.68. The van der Waals surface area contributed by atoms with Gasteiger partial charge < -0.3 is 10.2 Å². The molecule has 1 aliphatic rings. The lowest BCUT2D eigenvalue weighted by Gasteiger charge is -2.23. The van der Waals surface area contributed by atoms with Crippen LogP contribution in [0, 0.1) is 0 Å². The van der Waals surface area contributed by atoms with E-state index in [9.17, 15) is 0 Å². The highest BCUT2D eigenvalue weighted by molar-refractivity contribution is 4.75. The molecule has 2 heteroatoms. The molecule has 1 heterocycles. The number of nitrogens with zero attached hydrogens (tertiary/aromatic N) is 1. The first kappa shape index (κ1) is 14.0. The predicted molar refractivity (Wildman–Crippen MR) is 71.9 cm³/mol. The van der Waals surface area contributed by atoms with Crippen molar-refractivity contribution in [2.24, 2.45) is 0 Å². The Bertz CT molecular complexity index is 159. The quantitative estimate of drug-likeness (QED) is 0.671. The summed E-state index contributed by atoms with van der Waals surface area (Å²) in [5.41, 5.74) is 0. The molecular weight excluding hydrogens is 196 g/mol. The summed E-state index contributed by atoms with van der Waals surface area (Å²) < 4.78 is 0. The van der Waals surface area contributed by atoms with Crippen LogP contribution in [0.3, 0.4) is 0 Å². The normalized spacial score (nSPS) is 23.2. The van der Waals surface area contributed by atoms with E-state index in [0.717, 1.165) is 6.04 Å². The standard InChI is InChI=1S/C14H30N2/c1-3-5-6-7-8-11-16-12-9-10-15-14(4-2)13-16/h14-15H,3-13H2,1-2H3. The molecule has 0 radical (unpaired) electrons. The van der Waals surface area contributed by atoms with E-state index in [0.29, 0.717) is 0 Å². The summed E-state index contributed by atoms with van der Waals surface area (Å²) in [5, 5.41) is 3.63. The first-order valence-electron chi connectivity index (χ1n) is 7.32. The second kappa shape index (κ2) is 9.00. The van der Waals surface area contributed by atoms with Crippen molar-refractivity contribution in [3.63, 3.8) is 0 Å². The molecule has 1 saturated heterocycles. The Kier molecular flexibility index (Phi) is 7.87. The fourth-order valence-corrected chi connectivity index (χ4v) is 2.49. The number of rotatable bonds is 7. The highest BCUT2D eigenvalue weighted by Crippen LogP contribution is 2.07. The van der Waals surface area contributed by atoms with Crippen molar-refractivity contribution >= 4 is 0 Å². The lowest BCUT2D eigenvalue weighted by molar-refractivity contribution is 0.259. The predicted octanol–water partition coefficient (Wildman–Crippen LogP) is 3.03. The van der Waals surface area contributed by atoms with Crippen molar-refractivity contribution in [3.05, 3.63) is 0 Å². The summed E-state index contributed by atoms with van der Waals surface area (Å²) in [7, 11) is 0. The lowest BCUT2D eigenvalue weighted by atomic mass is 10.1. The summed E-state index contributed by atoms with van der Waals surface area (Å²) in [6, 6.07) is 0.734. The lowest BCUT2D eigenvalue weighted by Crippen LogP contribution is -2.37. The topological polar surface area (TPSA) is 15.3 Å². The SMILES string of the molecule is CCCCCCCN1CCCNC(CC)C1. The average molecular weight is 226 g/mol. The highest BCUT2D eigenvalue weighted by atomic mass is 15.2. The van der Waals surface area contributed by atoms with E-state index < -0.39 is 0 Å². The van der Waals surface area contributed by atoms with E-state index in [-0.39, 0.29) is 0 Å². The molecule has 1 unspecified atom stereocenters. The van der Waals surface area contributed by atoms with Gasteiger partial charge in [0.2, 0.25) is 0 Å². The maximum Gasteiger partial charge on any atom is 0.0192 e. The molecule has 96 valence electrons. The molecule has 1 N–H and O–H groups in total. The Morgan fingerprint density at radius 1 is 1.12 bits per heavy atom. The summed E-state index contributed by atoms with van der Waals surface area (Å²) in [5.74, 6) is 0. The molecule has 0 saturated carbocycles. The van der Waals surface area contributed by atoms with Crippen molar-refractivity contribution in [2.75, 3.05) is 26.2 Å². The molecule has 1 rings (SSSR count). The number of nitrogens with one attached hydrogen (secondary N) is 1. The molecule has 1 atom stereocenters. The van der Waals surface area contributed by atoms with Gasteiger partial charge in [-0.1, -0.05) is 39.5 Å². The van der Waals surface area contributed by atoms with Gasteiger partial charge in [-0.3, -0.25) is 0 Å². The monoisotopic (exact) mass is 226 g/mol. The fourth-order valence-electron chi connectivity index (χ4n) is 2.49. The maximum atomic E-state index is 3.63. The van der Waals surface area contributed by atoms with Crippen LogP contribution >= 0.6 is 0 Å². The molecule has 0 aliphatic carbocycles. The molecule has 0 aromatic heterocycles. The van der Waals surface area contributed by atoms with Gasteiger partial charge in [0, 0.05) is 12.6 Å². The zero-order chi connectivity index (χ0) is 11.6. The Hall–Kier alpha value is -0.0800. The van der Waals surface area contributed by atoms with E-state index in [1.807, 2.05) is 0 Å². The van der Waals surface area contributed by atoms with Gasteiger partial charge in [-0.2, -0.15) is 0 Å². The van der Waals surface area contributed by atoms with E-state index in [2.05, 4.69) is 24.1 Å². The van der Waals surface area contributed by atoms with E-state index in [4.69, 9.17) is 0 Å². The smallest absolute Gasteiger partial charge is 0.0192 e. The molecule has 0 spiro atoms. The zero-order valence-electron chi connectivity index (χ0n) is 11.3. The second-order valence-electron chi connectivity index (χ2n) is 5.13. The highest BCUT2D eigenvalue weighted by Gasteiger charge is 2.15. The number of unbranched alkanes of at least 4 members (excludes halogenated alkanes) is 4. The van der Waals surface area contributed by atoms with Crippen molar-refractivity contribution < 1.29 is 0 Å². The van der Waals surface area contributed by atoms with Crippen molar-refractivity contribution in [2.45, 2.75) is 64.8 Å². The van der Waals surface area contributed by atoms with Crippen LogP contribution in [0.25, 0.3) is 0 Å². The minimum absolute atomic E-state index is 0.734. The van der Waals surface area contributed by atoms with Crippen LogP contribution in [0.2, 0.25) is 0 Å². The molecular formula is C14H30N2. The van der Waals surface area contributed by atoms with Crippen LogP contribution in [0.4, 0.5) is 0 Å². The molecule has 0 aromatic rings. The number of hydrogen-bond acceptors (Lipinski definition) is 2. The van der Waals surface area contributed by atoms with Crippen LogP contribution in [-0.2, 0) is 0 Å². The van der Waals surface area contributed by atoms with Gasteiger partial charge in [-0.05, 0) is 38.9 Å². The van der Waals surface area contributed by atoms with Crippen molar-refractivity contribution in [1.82, 2.24) is 10.2 Å². The summed E-state index contributed by atoms with van der Waals surface area (Å²) in [6.07, 6.45) is 9.62. The van der Waals surface area contributed by atoms with Gasteiger partial charge in [-0.25, -0.2) is 0 Å².